The van der Waals surface area contributed by atoms with Gasteiger partial charge in [0.1, 0.15) is 0 Å². The van der Waals surface area contributed by atoms with Gasteiger partial charge in [0.15, 0.2) is 0 Å². The molecule has 0 aliphatic rings. The summed E-state index contributed by atoms with van der Waals surface area (Å²) in [6.45, 7) is 0. The second kappa shape index (κ2) is 15.4. The molecule has 0 nitrogen and oxygen atoms in total. The summed E-state index contributed by atoms with van der Waals surface area (Å²) in [5.74, 6) is 0. The molecule has 14 aromatic rings. The molecule has 14 aromatic carbocycles. The molecule has 0 bridgehead atoms. The van der Waals surface area contributed by atoms with Crippen LogP contribution < -0.4 is 0 Å². The van der Waals surface area contributed by atoms with Crippen LogP contribution in [-0.4, -0.2) is 0 Å². The predicted molar refractivity (Wildman–Crippen MR) is 293 cm³/mol. The van der Waals surface area contributed by atoms with Crippen molar-refractivity contribution in [3.05, 3.63) is 255 Å². The highest BCUT2D eigenvalue weighted by Gasteiger charge is 2.24. The average molecular weight is 859 g/mol. The van der Waals surface area contributed by atoms with E-state index < -0.39 is 0 Å². The molecule has 0 radical (unpaired) electrons. The minimum absolute atomic E-state index is 1.21. The summed E-state index contributed by atoms with van der Waals surface area (Å²) in [6.07, 6.45) is 0. The Balaban J connectivity index is 1.06. The second-order valence-corrected chi connectivity index (χ2v) is 18.2. The van der Waals surface area contributed by atoms with Gasteiger partial charge >= 0.3 is 0 Å². The fourth-order valence-corrected chi connectivity index (χ4v) is 11.6. The minimum atomic E-state index is 1.21. The van der Waals surface area contributed by atoms with Crippen molar-refractivity contribution >= 4 is 75.4 Å². The van der Waals surface area contributed by atoms with Gasteiger partial charge in [-0.1, -0.05) is 231 Å². The van der Waals surface area contributed by atoms with Gasteiger partial charge in [0.25, 0.3) is 0 Å². The van der Waals surface area contributed by atoms with Gasteiger partial charge in [-0.05, 0) is 166 Å². The van der Waals surface area contributed by atoms with E-state index in [2.05, 4.69) is 255 Å². The molecule has 0 fully saturated rings. The van der Waals surface area contributed by atoms with Crippen molar-refractivity contribution in [2.45, 2.75) is 0 Å². The largest absolute Gasteiger partial charge is 0.0622 e. The third kappa shape index (κ3) is 5.88. The van der Waals surface area contributed by atoms with E-state index in [0.717, 1.165) is 0 Å². The molecular formula is C68H42. The van der Waals surface area contributed by atoms with Crippen molar-refractivity contribution in [3.8, 4) is 66.8 Å². The maximum Gasteiger partial charge on any atom is -0.00134 e. The van der Waals surface area contributed by atoms with E-state index in [1.165, 1.54) is 142 Å². The van der Waals surface area contributed by atoms with Gasteiger partial charge in [0, 0.05) is 0 Å². The Hall–Kier alpha value is -8.84. The van der Waals surface area contributed by atoms with Crippen molar-refractivity contribution in [3.63, 3.8) is 0 Å². The molecule has 0 amide bonds. The minimum Gasteiger partial charge on any atom is -0.0622 e. The number of hydrogen-bond acceptors (Lipinski definition) is 0. The molecule has 0 aliphatic carbocycles. The van der Waals surface area contributed by atoms with Crippen LogP contribution in [0.3, 0.4) is 0 Å². The van der Waals surface area contributed by atoms with Gasteiger partial charge in [0.2, 0.25) is 0 Å². The summed E-state index contributed by atoms with van der Waals surface area (Å²) in [5.41, 5.74) is 14.7. The van der Waals surface area contributed by atoms with E-state index in [1.807, 2.05) is 0 Å². The highest BCUT2D eigenvalue weighted by atomic mass is 14.3. The van der Waals surface area contributed by atoms with Crippen LogP contribution in [0.5, 0.6) is 0 Å². The van der Waals surface area contributed by atoms with Crippen molar-refractivity contribution in [2.24, 2.45) is 0 Å². The number of fused-ring (bicyclic) bond motifs is 7. The zero-order chi connectivity index (χ0) is 44.7. The Kier molecular flexibility index (Phi) is 8.69. The third-order valence-electron chi connectivity index (χ3n) is 14.6. The van der Waals surface area contributed by atoms with Crippen LogP contribution in [0.25, 0.3) is 142 Å². The second-order valence-electron chi connectivity index (χ2n) is 18.2. The Bertz CT molecular complexity index is 4220. The Labute approximate surface area is 395 Å². The SMILES string of the molecule is c1ccc(-c2cc(-c3ccccc3)cc(-c3ccc(-c4c5ccccc5c5c6ccc(-c7ccccc7-c7ccccc7)c7cc8ccccc8c(c8cccc4c85)c76)c4ccccc34)c2)cc1. The van der Waals surface area contributed by atoms with E-state index in [-0.39, 0.29) is 0 Å². The topological polar surface area (TPSA) is 0 Å². The first kappa shape index (κ1) is 38.4. The maximum atomic E-state index is 2.45. The van der Waals surface area contributed by atoms with Crippen LogP contribution in [0, 0.1) is 0 Å². The van der Waals surface area contributed by atoms with Crippen LogP contribution in [0.1, 0.15) is 0 Å². The van der Waals surface area contributed by atoms with E-state index in [9.17, 15) is 0 Å². The summed E-state index contributed by atoms with van der Waals surface area (Å²) < 4.78 is 0. The molecule has 0 aliphatic heterocycles. The first-order valence-corrected chi connectivity index (χ1v) is 23.7. The van der Waals surface area contributed by atoms with Crippen LogP contribution in [0.15, 0.2) is 255 Å². The summed E-state index contributed by atoms with van der Waals surface area (Å²) in [7, 11) is 0. The Morgan fingerprint density at radius 1 is 0.162 bits per heavy atom. The van der Waals surface area contributed by atoms with Crippen molar-refractivity contribution in [2.75, 3.05) is 0 Å². The number of hydrogen-bond donors (Lipinski definition) is 0. The van der Waals surface area contributed by atoms with Crippen LogP contribution in [0.4, 0.5) is 0 Å². The quantitative estimate of drug-likeness (QED) is 0.115. The van der Waals surface area contributed by atoms with Gasteiger partial charge in [-0.3, -0.25) is 0 Å². The first-order chi connectivity index (χ1) is 33.8. The number of benzene rings is 14. The van der Waals surface area contributed by atoms with E-state index >= 15 is 0 Å². The fraction of sp³-hybridized carbons (Fsp3) is 0. The monoisotopic (exact) mass is 858 g/mol. The summed E-state index contributed by atoms with van der Waals surface area (Å²) in [5, 5.41) is 18.0. The summed E-state index contributed by atoms with van der Waals surface area (Å²) >= 11 is 0. The lowest BCUT2D eigenvalue weighted by molar-refractivity contribution is 1.57. The molecule has 0 N–H and O–H groups in total. The molecule has 68 heavy (non-hydrogen) atoms. The molecule has 314 valence electrons. The molecule has 0 saturated heterocycles. The molecule has 14 rings (SSSR count). The standard InChI is InChI=1S/C68H42/c1-4-19-43(20-5-1)47-39-48(44-21-6-2-7-22-44)41-49(40-47)51-35-37-59(55-30-15-14-29-54(51)55)64-57-31-16-17-32-58(57)66-62-38-36-56(53-28-13-12-26-50(53)45-23-8-3-9-24-45)63-42-46-25-10-11-27-52(46)65(68(62)63)61-34-18-33-60(64)67(61)66/h1-42H. The van der Waals surface area contributed by atoms with Gasteiger partial charge in [-0.2, -0.15) is 0 Å². The summed E-state index contributed by atoms with van der Waals surface area (Å²) in [4.78, 5) is 0. The van der Waals surface area contributed by atoms with Gasteiger partial charge in [-0.25, -0.2) is 0 Å². The van der Waals surface area contributed by atoms with Crippen molar-refractivity contribution < 1.29 is 0 Å². The van der Waals surface area contributed by atoms with Gasteiger partial charge in [-0.15, -0.1) is 0 Å². The predicted octanol–water partition coefficient (Wildman–Crippen LogP) is 19.2. The van der Waals surface area contributed by atoms with Crippen LogP contribution in [0.2, 0.25) is 0 Å². The zero-order valence-corrected chi connectivity index (χ0v) is 37.2. The highest BCUT2D eigenvalue weighted by Crippen LogP contribution is 2.52. The molecule has 0 atom stereocenters. The fourth-order valence-electron chi connectivity index (χ4n) is 11.6. The number of rotatable bonds is 6. The lowest BCUT2D eigenvalue weighted by Gasteiger charge is -2.23. The maximum absolute atomic E-state index is 2.45. The normalized spacial score (nSPS) is 11.8. The Morgan fingerprint density at radius 2 is 0.603 bits per heavy atom. The smallest absolute Gasteiger partial charge is 0.00134 e. The third-order valence-corrected chi connectivity index (χ3v) is 14.6. The average Bonchev–Trinajstić information content (AvgIpc) is 3.42. The molecule has 0 heteroatoms. The molecular weight excluding hydrogens is 817 g/mol. The van der Waals surface area contributed by atoms with Gasteiger partial charge in [0.05, 0.1) is 0 Å². The summed E-state index contributed by atoms with van der Waals surface area (Å²) in [6, 6.07) is 94.6. The van der Waals surface area contributed by atoms with Crippen molar-refractivity contribution in [1.29, 1.82) is 0 Å². The molecule has 0 heterocycles. The van der Waals surface area contributed by atoms with Crippen molar-refractivity contribution in [1.82, 2.24) is 0 Å². The van der Waals surface area contributed by atoms with E-state index in [0.29, 0.717) is 0 Å². The molecule has 0 saturated carbocycles. The highest BCUT2D eigenvalue weighted by molar-refractivity contribution is 6.44. The van der Waals surface area contributed by atoms with Crippen LogP contribution >= 0.6 is 0 Å². The molecule has 0 unspecified atom stereocenters. The molecule has 0 spiro atoms. The first-order valence-electron chi connectivity index (χ1n) is 23.7. The van der Waals surface area contributed by atoms with E-state index in [1.54, 1.807) is 0 Å². The zero-order valence-electron chi connectivity index (χ0n) is 37.2. The lowest BCUT2D eigenvalue weighted by atomic mass is 9.80. The van der Waals surface area contributed by atoms with E-state index in [4.69, 9.17) is 0 Å². The lowest BCUT2D eigenvalue weighted by Crippen LogP contribution is -1.95. The molecule has 0 aromatic heterocycles. The van der Waals surface area contributed by atoms with Crippen LogP contribution in [-0.2, 0) is 0 Å². The van der Waals surface area contributed by atoms with Gasteiger partial charge < -0.3 is 0 Å². The Morgan fingerprint density at radius 3 is 1.31 bits per heavy atom.